The molecule has 3 nitrogen and oxygen atoms in total. The topological polar surface area (TPSA) is 35.5 Å². The van der Waals surface area contributed by atoms with Gasteiger partial charge in [0.1, 0.15) is 0 Å². The first-order valence-electron chi connectivity index (χ1n) is 5.24. The lowest BCUT2D eigenvalue weighted by Gasteiger charge is -2.18. The molecule has 2 N–H and O–H groups in total. The van der Waals surface area contributed by atoms with Crippen molar-refractivity contribution in [2.45, 2.75) is 46.6 Å². The van der Waals surface area contributed by atoms with Gasteiger partial charge in [-0.05, 0) is 20.4 Å². The number of nitrogens with one attached hydrogen (secondary N) is 1. The molecule has 0 aliphatic heterocycles. The van der Waals surface area contributed by atoms with Crippen molar-refractivity contribution < 1.29 is 9.59 Å². The molecule has 0 aromatic heterocycles. The first-order chi connectivity index (χ1) is 6.72. The van der Waals surface area contributed by atoms with E-state index in [0.29, 0.717) is 6.67 Å². The predicted octanol–water partition coefficient (Wildman–Crippen LogP) is 2.17. The van der Waals surface area contributed by atoms with E-state index in [2.05, 4.69) is 12.2 Å². The normalized spacial score (nSPS) is 10.9. The Kier molecular flexibility index (Phi) is 25.7. The Morgan fingerprint density at radius 3 is 2.07 bits per heavy atom. The average molecular weight is 210 g/mol. The Morgan fingerprint density at radius 2 is 1.79 bits per heavy atom. The van der Waals surface area contributed by atoms with Crippen molar-refractivity contribution in [2.75, 3.05) is 20.8 Å². The molecule has 1 unspecified atom stereocenters. The van der Waals surface area contributed by atoms with E-state index in [0.717, 1.165) is 25.1 Å². The van der Waals surface area contributed by atoms with Crippen molar-refractivity contribution in [3.63, 3.8) is 0 Å². The lowest BCUT2D eigenvalue weighted by Crippen LogP contribution is -2.32. The summed E-state index contributed by atoms with van der Waals surface area (Å²) in [5.41, 5.74) is 0. The third kappa shape index (κ3) is 14.3. The molecule has 0 saturated heterocycles. The molecular formula is C10H27FN2O. The van der Waals surface area contributed by atoms with Gasteiger partial charge in [0.25, 0.3) is 0 Å². The fraction of sp³-hybridized carbons (Fsp3) is 1.00. The standard InChI is InChI=1S/C7H17FN2.C2H6.CH4O/c1-4-5-7(2)10(8)6-9-3;2*1-2/h7,9H,4-6H2,1-3H3;1-2H3;2H,1H3. The van der Waals surface area contributed by atoms with Crippen LogP contribution in [0.4, 0.5) is 4.48 Å². The summed E-state index contributed by atoms with van der Waals surface area (Å²) in [5.74, 6) is 0. The molecule has 90 valence electrons. The van der Waals surface area contributed by atoms with Gasteiger partial charge in [-0.3, -0.25) is 0 Å². The fourth-order valence-corrected chi connectivity index (χ4v) is 0.865. The van der Waals surface area contributed by atoms with Crippen LogP contribution in [0.3, 0.4) is 0 Å². The van der Waals surface area contributed by atoms with Crippen molar-refractivity contribution in [3.8, 4) is 0 Å². The molecular weight excluding hydrogens is 183 g/mol. The Bertz CT molecular complexity index is 74.5. The molecule has 0 saturated carbocycles. The highest BCUT2D eigenvalue weighted by Gasteiger charge is 2.09. The number of hydrogen-bond acceptors (Lipinski definition) is 3. The van der Waals surface area contributed by atoms with Gasteiger partial charge in [0, 0.05) is 13.2 Å². The van der Waals surface area contributed by atoms with Gasteiger partial charge < -0.3 is 10.4 Å². The minimum atomic E-state index is 0.0393. The van der Waals surface area contributed by atoms with Crippen LogP contribution in [0.2, 0.25) is 0 Å². The van der Waals surface area contributed by atoms with E-state index < -0.39 is 0 Å². The summed E-state index contributed by atoms with van der Waals surface area (Å²) in [6.45, 7) is 8.27. The van der Waals surface area contributed by atoms with Crippen LogP contribution in [0.1, 0.15) is 40.5 Å². The Hall–Kier alpha value is -0.190. The second-order valence-corrected chi connectivity index (χ2v) is 2.55. The molecule has 0 spiro atoms. The SMILES string of the molecule is CC.CCCC(C)N(F)CNC.CO. The highest BCUT2D eigenvalue weighted by Crippen LogP contribution is 2.04. The fourth-order valence-electron chi connectivity index (χ4n) is 0.865. The van der Waals surface area contributed by atoms with E-state index in [-0.39, 0.29) is 6.04 Å². The van der Waals surface area contributed by atoms with Gasteiger partial charge in [-0.25, -0.2) is 0 Å². The minimum Gasteiger partial charge on any atom is -0.400 e. The van der Waals surface area contributed by atoms with Gasteiger partial charge in [0.05, 0.1) is 6.67 Å². The summed E-state index contributed by atoms with van der Waals surface area (Å²) in [6, 6.07) is 0.0393. The van der Waals surface area contributed by atoms with Crippen LogP contribution in [0, 0.1) is 0 Å². The monoisotopic (exact) mass is 210 g/mol. The third-order valence-corrected chi connectivity index (χ3v) is 1.49. The van der Waals surface area contributed by atoms with Crippen LogP contribution >= 0.6 is 0 Å². The highest BCUT2D eigenvalue weighted by atomic mass is 19.2. The number of hydrogen-bond donors (Lipinski definition) is 2. The molecule has 0 bridgehead atoms. The zero-order valence-corrected chi connectivity index (χ0v) is 10.5. The largest absolute Gasteiger partial charge is 0.400 e. The Balaban J connectivity index is -0.000000266. The highest BCUT2D eigenvalue weighted by molar-refractivity contribution is 4.55. The third-order valence-electron chi connectivity index (χ3n) is 1.49. The van der Waals surface area contributed by atoms with Crippen molar-refractivity contribution in [2.24, 2.45) is 0 Å². The molecule has 0 heterocycles. The first kappa shape index (κ1) is 19.4. The molecule has 0 aromatic carbocycles. The van der Waals surface area contributed by atoms with E-state index in [1.165, 1.54) is 0 Å². The van der Waals surface area contributed by atoms with Crippen molar-refractivity contribution in [1.29, 1.82) is 0 Å². The molecule has 0 fully saturated rings. The molecule has 0 radical (unpaired) electrons. The van der Waals surface area contributed by atoms with Crippen LogP contribution in [-0.2, 0) is 0 Å². The van der Waals surface area contributed by atoms with Gasteiger partial charge in [0.2, 0.25) is 0 Å². The second-order valence-electron chi connectivity index (χ2n) is 2.55. The predicted molar refractivity (Wildman–Crippen MR) is 60.7 cm³/mol. The van der Waals surface area contributed by atoms with Gasteiger partial charge in [-0.1, -0.05) is 27.2 Å². The second kappa shape index (κ2) is 18.6. The van der Waals surface area contributed by atoms with Crippen molar-refractivity contribution in [1.82, 2.24) is 10.4 Å². The van der Waals surface area contributed by atoms with Crippen molar-refractivity contribution >= 4 is 0 Å². The number of nitrogens with zero attached hydrogens (tertiary/aromatic N) is 1. The lowest BCUT2D eigenvalue weighted by atomic mass is 10.2. The summed E-state index contributed by atoms with van der Waals surface area (Å²) in [7, 11) is 2.74. The summed E-state index contributed by atoms with van der Waals surface area (Å²) in [6.07, 6.45) is 1.95. The number of halogens is 1. The van der Waals surface area contributed by atoms with Crippen LogP contribution < -0.4 is 5.32 Å². The average Bonchev–Trinajstić information content (AvgIpc) is 2.24. The number of aliphatic hydroxyl groups is 1. The minimum absolute atomic E-state index is 0.0393. The zero-order valence-electron chi connectivity index (χ0n) is 10.5. The lowest BCUT2D eigenvalue weighted by molar-refractivity contribution is -0.0240. The van der Waals surface area contributed by atoms with Crippen LogP contribution in [0.25, 0.3) is 0 Å². The van der Waals surface area contributed by atoms with Gasteiger partial charge in [0.15, 0.2) is 0 Å². The van der Waals surface area contributed by atoms with Crippen LogP contribution in [0.15, 0.2) is 0 Å². The molecule has 4 heteroatoms. The van der Waals surface area contributed by atoms with Crippen LogP contribution in [-0.4, -0.2) is 37.1 Å². The summed E-state index contributed by atoms with van der Waals surface area (Å²) in [4.78, 5) is 0. The summed E-state index contributed by atoms with van der Waals surface area (Å²) in [5, 5.41) is 10.6. The van der Waals surface area contributed by atoms with E-state index in [4.69, 9.17) is 5.11 Å². The number of rotatable bonds is 5. The molecule has 14 heavy (non-hydrogen) atoms. The van der Waals surface area contributed by atoms with E-state index in [9.17, 15) is 4.48 Å². The molecule has 1 atom stereocenters. The maximum absolute atomic E-state index is 12.8. The Labute approximate surface area is 88.2 Å². The molecule has 0 aliphatic carbocycles. The van der Waals surface area contributed by atoms with E-state index in [1.54, 1.807) is 7.05 Å². The smallest absolute Gasteiger partial charge is 0.0782 e. The molecule has 0 amide bonds. The van der Waals surface area contributed by atoms with Gasteiger partial charge in [-0.2, -0.15) is 0 Å². The van der Waals surface area contributed by atoms with E-state index >= 15 is 0 Å². The summed E-state index contributed by atoms with van der Waals surface area (Å²) < 4.78 is 12.8. The number of aliphatic hydroxyl groups excluding tert-OH is 1. The quantitative estimate of drug-likeness (QED) is 0.539. The molecule has 0 aliphatic rings. The summed E-state index contributed by atoms with van der Waals surface area (Å²) >= 11 is 0. The first-order valence-corrected chi connectivity index (χ1v) is 5.24. The zero-order chi connectivity index (χ0) is 12.0. The maximum Gasteiger partial charge on any atom is 0.0782 e. The van der Waals surface area contributed by atoms with Gasteiger partial charge >= 0.3 is 0 Å². The molecule has 0 rings (SSSR count). The van der Waals surface area contributed by atoms with Gasteiger partial charge in [-0.15, -0.1) is 9.60 Å². The van der Waals surface area contributed by atoms with Crippen molar-refractivity contribution in [3.05, 3.63) is 0 Å². The Morgan fingerprint density at radius 1 is 1.36 bits per heavy atom. The van der Waals surface area contributed by atoms with E-state index in [1.807, 2.05) is 20.8 Å². The van der Waals surface area contributed by atoms with Crippen LogP contribution in [0.5, 0.6) is 0 Å². The molecule has 0 aromatic rings. The maximum atomic E-state index is 12.8.